The van der Waals surface area contributed by atoms with E-state index in [9.17, 15) is 4.79 Å². The van der Waals surface area contributed by atoms with Gasteiger partial charge in [0.15, 0.2) is 0 Å². The maximum atomic E-state index is 12.5. The molecule has 0 bridgehead atoms. The van der Waals surface area contributed by atoms with E-state index in [1.54, 1.807) is 11.3 Å². The molecule has 3 heteroatoms. The van der Waals surface area contributed by atoms with E-state index in [0.29, 0.717) is 10.6 Å². The zero-order valence-electron chi connectivity index (χ0n) is 19.6. The van der Waals surface area contributed by atoms with Crippen LogP contribution in [0, 0.1) is 0 Å². The van der Waals surface area contributed by atoms with Gasteiger partial charge in [-0.1, -0.05) is 95.2 Å². The predicted molar refractivity (Wildman–Crippen MR) is 137 cm³/mol. The molecule has 32 heavy (non-hydrogen) atoms. The van der Waals surface area contributed by atoms with Gasteiger partial charge in [-0.05, 0) is 60.2 Å². The van der Waals surface area contributed by atoms with Gasteiger partial charge >= 0.3 is 5.97 Å². The van der Waals surface area contributed by atoms with Crippen LogP contribution in [0.1, 0.15) is 85.3 Å². The number of aryl methyl sites for hydroxylation is 2. The summed E-state index contributed by atoms with van der Waals surface area (Å²) in [4.78, 5) is 14.5. The van der Waals surface area contributed by atoms with Crippen molar-refractivity contribution in [2.75, 3.05) is 0 Å². The predicted octanol–water partition coefficient (Wildman–Crippen LogP) is 8.88. The van der Waals surface area contributed by atoms with E-state index in [2.05, 4.69) is 44.2 Å². The third-order valence-corrected chi connectivity index (χ3v) is 6.91. The summed E-state index contributed by atoms with van der Waals surface area (Å²) in [5.74, 6) is 0.320. The average molecular weight is 449 g/mol. The molecular formula is C29H36O2S. The molecule has 0 spiro atoms. The van der Waals surface area contributed by atoms with Crippen molar-refractivity contribution in [1.29, 1.82) is 0 Å². The molecule has 0 aliphatic rings. The average Bonchev–Trinajstić information content (AvgIpc) is 3.29. The third-order valence-electron chi connectivity index (χ3n) is 5.78. The molecule has 3 rings (SSSR count). The van der Waals surface area contributed by atoms with Crippen LogP contribution in [0.15, 0.2) is 60.7 Å². The molecule has 0 aliphatic heterocycles. The van der Waals surface area contributed by atoms with Crippen molar-refractivity contribution < 1.29 is 9.53 Å². The fraction of sp³-hybridized carbons (Fsp3) is 0.414. The highest BCUT2D eigenvalue weighted by molar-refractivity contribution is 7.13. The minimum absolute atomic E-state index is 0.266. The summed E-state index contributed by atoms with van der Waals surface area (Å²) in [6.07, 6.45) is 12.5. The molecule has 0 atom stereocenters. The molecule has 3 aromatic rings. The van der Waals surface area contributed by atoms with E-state index in [-0.39, 0.29) is 5.97 Å². The summed E-state index contributed by atoms with van der Waals surface area (Å²) in [6, 6.07) is 20.4. The van der Waals surface area contributed by atoms with Gasteiger partial charge in [0.05, 0.1) is 0 Å². The molecule has 0 aliphatic carbocycles. The lowest BCUT2D eigenvalue weighted by atomic mass is 10.0. The highest BCUT2D eigenvalue weighted by Crippen LogP contribution is 2.25. The molecule has 170 valence electrons. The molecule has 1 heterocycles. The van der Waals surface area contributed by atoms with Crippen molar-refractivity contribution in [3.63, 3.8) is 0 Å². The molecule has 1 aromatic heterocycles. The zero-order chi connectivity index (χ0) is 22.6. The summed E-state index contributed by atoms with van der Waals surface area (Å²) in [5.41, 5.74) is 3.67. The van der Waals surface area contributed by atoms with Crippen molar-refractivity contribution in [1.82, 2.24) is 0 Å². The van der Waals surface area contributed by atoms with Gasteiger partial charge < -0.3 is 4.74 Å². The van der Waals surface area contributed by atoms with Crippen LogP contribution in [-0.2, 0) is 12.8 Å². The first-order chi connectivity index (χ1) is 15.7. The van der Waals surface area contributed by atoms with Crippen LogP contribution in [0.2, 0.25) is 0 Å². The first-order valence-electron chi connectivity index (χ1n) is 12.2. The Morgan fingerprint density at radius 3 is 1.97 bits per heavy atom. The Labute approximate surface area is 197 Å². The van der Waals surface area contributed by atoms with Gasteiger partial charge in [-0.15, -0.1) is 11.3 Å². The third kappa shape index (κ3) is 7.63. The number of carbonyl (C=O) groups excluding carboxylic acids is 1. The Morgan fingerprint density at radius 2 is 1.31 bits per heavy atom. The Balaban J connectivity index is 1.46. The van der Waals surface area contributed by atoms with Crippen molar-refractivity contribution in [2.24, 2.45) is 0 Å². The lowest BCUT2D eigenvalue weighted by Crippen LogP contribution is -2.06. The summed E-state index contributed by atoms with van der Waals surface area (Å²) >= 11 is 1.56. The lowest BCUT2D eigenvalue weighted by Gasteiger charge is -2.06. The molecule has 0 radical (unpaired) electrons. The molecular weight excluding hydrogens is 412 g/mol. The highest BCUT2D eigenvalue weighted by atomic mass is 32.1. The van der Waals surface area contributed by atoms with E-state index in [1.807, 2.05) is 30.3 Å². The van der Waals surface area contributed by atoms with Crippen LogP contribution >= 0.6 is 11.3 Å². The number of thiophene rings is 1. The number of esters is 1. The van der Waals surface area contributed by atoms with E-state index in [4.69, 9.17) is 4.74 Å². The van der Waals surface area contributed by atoms with E-state index in [1.165, 1.54) is 60.9 Å². The number of rotatable bonds is 13. The molecule has 0 saturated carbocycles. The monoisotopic (exact) mass is 448 g/mol. The van der Waals surface area contributed by atoms with Gasteiger partial charge in [-0.2, -0.15) is 0 Å². The number of ether oxygens (including phenoxy) is 1. The lowest BCUT2D eigenvalue weighted by molar-refractivity contribution is 0.0740. The number of hydrogen-bond acceptors (Lipinski definition) is 3. The maximum Gasteiger partial charge on any atom is 0.353 e. The Kier molecular flexibility index (Phi) is 10.0. The SMILES string of the molecule is CCCCCCCCCc1ccc(C(=O)Oc2ccc(-c3ccc(CCC)cc3)cc2)s1. The van der Waals surface area contributed by atoms with E-state index in [0.717, 1.165) is 24.8 Å². The molecule has 0 amide bonds. The van der Waals surface area contributed by atoms with Crippen molar-refractivity contribution >= 4 is 17.3 Å². The molecule has 2 nitrogen and oxygen atoms in total. The Hall–Kier alpha value is -2.39. The fourth-order valence-electron chi connectivity index (χ4n) is 3.90. The normalized spacial score (nSPS) is 10.9. The van der Waals surface area contributed by atoms with Crippen LogP contribution in [0.4, 0.5) is 0 Å². The summed E-state index contributed by atoms with van der Waals surface area (Å²) < 4.78 is 5.61. The van der Waals surface area contributed by atoms with Crippen LogP contribution < -0.4 is 4.74 Å². The number of benzene rings is 2. The van der Waals surface area contributed by atoms with Gasteiger partial charge in [0.25, 0.3) is 0 Å². The molecule has 2 aromatic carbocycles. The van der Waals surface area contributed by atoms with Crippen molar-refractivity contribution in [2.45, 2.75) is 78.1 Å². The van der Waals surface area contributed by atoms with Gasteiger partial charge in [-0.3, -0.25) is 0 Å². The summed E-state index contributed by atoms with van der Waals surface area (Å²) in [6.45, 7) is 4.45. The second-order valence-electron chi connectivity index (χ2n) is 8.50. The van der Waals surface area contributed by atoms with Crippen LogP contribution in [0.3, 0.4) is 0 Å². The molecule has 0 unspecified atom stereocenters. The maximum absolute atomic E-state index is 12.5. The quantitative estimate of drug-likeness (QED) is 0.148. The second kappa shape index (κ2) is 13.2. The largest absolute Gasteiger partial charge is 0.422 e. The molecule has 0 fully saturated rings. The first-order valence-corrected chi connectivity index (χ1v) is 13.0. The van der Waals surface area contributed by atoms with Crippen LogP contribution in [0.25, 0.3) is 11.1 Å². The van der Waals surface area contributed by atoms with Crippen LogP contribution in [0.5, 0.6) is 5.75 Å². The van der Waals surface area contributed by atoms with E-state index < -0.39 is 0 Å². The number of carbonyl (C=O) groups is 1. The zero-order valence-corrected chi connectivity index (χ0v) is 20.4. The summed E-state index contributed by atoms with van der Waals surface area (Å²) in [5, 5.41) is 0. The van der Waals surface area contributed by atoms with Gasteiger partial charge in [0.2, 0.25) is 0 Å². The smallest absolute Gasteiger partial charge is 0.353 e. The number of hydrogen-bond donors (Lipinski definition) is 0. The summed E-state index contributed by atoms with van der Waals surface area (Å²) in [7, 11) is 0. The molecule has 0 saturated heterocycles. The van der Waals surface area contributed by atoms with Gasteiger partial charge in [0.1, 0.15) is 10.6 Å². The fourth-order valence-corrected chi connectivity index (χ4v) is 4.83. The van der Waals surface area contributed by atoms with E-state index >= 15 is 0 Å². The standard InChI is InChI=1S/C29H36O2S/c1-3-5-6-7-8-9-10-12-27-21-22-28(32-27)29(30)31-26-19-17-25(18-20-26)24-15-13-23(11-4-2)14-16-24/h13-22H,3-12H2,1-2H3. The Bertz CT molecular complexity index is 938. The first kappa shape index (κ1) is 24.3. The topological polar surface area (TPSA) is 26.3 Å². The minimum atomic E-state index is -0.266. The number of unbranched alkanes of at least 4 members (excludes halogenated alkanes) is 6. The van der Waals surface area contributed by atoms with Gasteiger partial charge in [-0.25, -0.2) is 4.79 Å². The van der Waals surface area contributed by atoms with Crippen LogP contribution in [-0.4, -0.2) is 5.97 Å². The molecule has 0 N–H and O–H groups in total. The van der Waals surface area contributed by atoms with Crippen molar-refractivity contribution in [3.05, 3.63) is 76.0 Å². The van der Waals surface area contributed by atoms with Crippen molar-refractivity contribution in [3.8, 4) is 16.9 Å². The van der Waals surface area contributed by atoms with Gasteiger partial charge in [0, 0.05) is 4.88 Å². The Morgan fingerprint density at radius 1 is 0.688 bits per heavy atom. The minimum Gasteiger partial charge on any atom is -0.422 e. The second-order valence-corrected chi connectivity index (χ2v) is 9.67. The highest BCUT2D eigenvalue weighted by Gasteiger charge is 2.12.